The first-order valence-corrected chi connectivity index (χ1v) is 9.98. The highest BCUT2D eigenvalue weighted by atomic mass is 32.2. The number of hydrogen-bond acceptors (Lipinski definition) is 4. The zero-order chi connectivity index (χ0) is 16.9. The minimum Gasteiger partial charge on any atom is -0.311 e. The third-order valence-electron chi connectivity index (χ3n) is 5.43. The van der Waals surface area contributed by atoms with Crippen molar-refractivity contribution >= 4 is 20.9 Å². The lowest BCUT2D eigenvalue weighted by Crippen LogP contribution is -2.48. The Morgan fingerprint density at radius 2 is 1.92 bits per heavy atom. The van der Waals surface area contributed by atoms with E-state index in [1.807, 2.05) is 19.1 Å². The molecule has 0 amide bonds. The van der Waals surface area contributed by atoms with Crippen LogP contribution in [0.1, 0.15) is 31.2 Å². The molecule has 2 aromatic rings. The predicted octanol–water partition coefficient (Wildman–Crippen LogP) is 2.45. The molecule has 24 heavy (non-hydrogen) atoms. The van der Waals surface area contributed by atoms with Gasteiger partial charge in [-0.05, 0) is 50.3 Å². The maximum absolute atomic E-state index is 13.2. The van der Waals surface area contributed by atoms with Gasteiger partial charge in [-0.2, -0.15) is 4.31 Å². The summed E-state index contributed by atoms with van der Waals surface area (Å²) in [7, 11) is -1.83. The van der Waals surface area contributed by atoms with Gasteiger partial charge in [-0.25, -0.2) is 8.42 Å². The van der Waals surface area contributed by atoms with E-state index in [9.17, 15) is 8.42 Å². The van der Waals surface area contributed by atoms with Gasteiger partial charge in [0.15, 0.2) is 0 Å². The zero-order valence-electron chi connectivity index (χ0n) is 14.1. The molecular weight excluding hydrogens is 322 g/mol. The van der Waals surface area contributed by atoms with Gasteiger partial charge in [-0.1, -0.05) is 12.1 Å². The highest BCUT2D eigenvalue weighted by molar-refractivity contribution is 7.89. The smallest absolute Gasteiger partial charge is 0.245 e. The van der Waals surface area contributed by atoms with E-state index in [2.05, 4.69) is 10.3 Å². The van der Waals surface area contributed by atoms with Crippen LogP contribution < -0.4 is 5.32 Å². The number of aromatic nitrogens is 1. The molecule has 3 heterocycles. The zero-order valence-corrected chi connectivity index (χ0v) is 14.9. The Hall–Kier alpha value is -1.50. The summed E-state index contributed by atoms with van der Waals surface area (Å²) in [6.07, 6.45) is 5.83. The molecule has 2 fully saturated rings. The van der Waals surface area contributed by atoms with E-state index in [-0.39, 0.29) is 6.04 Å². The molecule has 128 valence electrons. The summed E-state index contributed by atoms with van der Waals surface area (Å²) in [6.45, 7) is 1.96. The number of pyridine rings is 1. The molecular formula is C18H23N3O2S. The normalized spacial score (nSPS) is 27.0. The second kappa shape index (κ2) is 5.79. The molecule has 4 rings (SSSR count). The lowest BCUT2D eigenvalue weighted by molar-refractivity contribution is 0.251. The molecule has 0 saturated carbocycles. The first-order valence-electron chi connectivity index (χ1n) is 8.54. The Morgan fingerprint density at radius 3 is 2.62 bits per heavy atom. The van der Waals surface area contributed by atoms with E-state index in [1.54, 1.807) is 29.7 Å². The van der Waals surface area contributed by atoms with E-state index in [4.69, 9.17) is 0 Å². The lowest BCUT2D eigenvalue weighted by Gasteiger charge is -2.34. The number of sulfonamides is 1. The van der Waals surface area contributed by atoms with Crippen LogP contribution in [0.3, 0.4) is 0 Å². The summed E-state index contributed by atoms with van der Waals surface area (Å²) in [5, 5.41) is 4.44. The van der Waals surface area contributed by atoms with Crippen LogP contribution in [0.4, 0.5) is 0 Å². The van der Waals surface area contributed by atoms with Crippen LogP contribution in [-0.4, -0.2) is 42.9 Å². The number of piperidine rings is 1. The fourth-order valence-corrected chi connectivity index (χ4v) is 5.67. The van der Waals surface area contributed by atoms with Crippen molar-refractivity contribution in [3.05, 3.63) is 36.0 Å². The number of aryl methyl sites for hydroxylation is 1. The third kappa shape index (κ3) is 2.62. The highest BCUT2D eigenvalue weighted by Gasteiger charge is 2.39. The van der Waals surface area contributed by atoms with Crippen molar-refractivity contribution in [2.24, 2.45) is 0 Å². The van der Waals surface area contributed by atoms with Gasteiger partial charge < -0.3 is 5.32 Å². The molecule has 0 radical (unpaired) electrons. The number of benzene rings is 1. The molecule has 1 N–H and O–H groups in total. The van der Waals surface area contributed by atoms with Crippen molar-refractivity contribution in [3.8, 4) is 0 Å². The largest absolute Gasteiger partial charge is 0.311 e. The van der Waals surface area contributed by atoms with Crippen molar-refractivity contribution in [3.63, 3.8) is 0 Å². The molecule has 1 aromatic heterocycles. The maximum atomic E-state index is 13.2. The molecule has 2 aliphatic rings. The van der Waals surface area contributed by atoms with Crippen molar-refractivity contribution in [1.82, 2.24) is 14.6 Å². The van der Waals surface area contributed by atoms with Crippen LogP contribution in [0, 0.1) is 6.92 Å². The van der Waals surface area contributed by atoms with Crippen LogP contribution in [0.2, 0.25) is 0 Å². The Kier molecular flexibility index (Phi) is 3.86. The van der Waals surface area contributed by atoms with Crippen molar-refractivity contribution in [2.75, 3.05) is 7.05 Å². The molecule has 2 unspecified atom stereocenters. The molecule has 2 atom stereocenters. The van der Waals surface area contributed by atoms with Gasteiger partial charge in [-0.3, -0.25) is 4.98 Å². The molecule has 2 saturated heterocycles. The molecule has 6 heteroatoms. The van der Waals surface area contributed by atoms with Crippen LogP contribution in [-0.2, 0) is 10.0 Å². The average molecular weight is 345 g/mol. The van der Waals surface area contributed by atoms with E-state index in [0.29, 0.717) is 22.5 Å². The first-order chi connectivity index (χ1) is 11.4. The van der Waals surface area contributed by atoms with E-state index in [0.717, 1.165) is 36.6 Å². The van der Waals surface area contributed by atoms with Crippen LogP contribution in [0.5, 0.6) is 0 Å². The van der Waals surface area contributed by atoms with Crippen molar-refractivity contribution in [1.29, 1.82) is 0 Å². The number of hydrogen-bond donors (Lipinski definition) is 1. The summed E-state index contributed by atoms with van der Waals surface area (Å²) in [6, 6.07) is 8.35. The SMILES string of the molecule is Cc1cnc2c(S(=O)(=O)N(C)C3CC4CCC(C3)N4)cccc2c1. The number of fused-ring (bicyclic) bond motifs is 3. The molecule has 2 aliphatic heterocycles. The fourth-order valence-electron chi connectivity index (χ4n) is 4.13. The Morgan fingerprint density at radius 1 is 1.21 bits per heavy atom. The van der Waals surface area contributed by atoms with Gasteiger partial charge in [0.1, 0.15) is 4.90 Å². The molecule has 5 nitrogen and oxygen atoms in total. The van der Waals surface area contributed by atoms with Crippen molar-refractivity contribution < 1.29 is 8.42 Å². The second-order valence-corrected chi connectivity index (χ2v) is 9.09. The van der Waals surface area contributed by atoms with Gasteiger partial charge >= 0.3 is 0 Å². The topological polar surface area (TPSA) is 62.3 Å². The van der Waals surface area contributed by atoms with Crippen LogP contribution >= 0.6 is 0 Å². The fraction of sp³-hybridized carbons (Fsp3) is 0.500. The minimum absolute atomic E-state index is 0.0643. The van der Waals surface area contributed by atoms with Gasteiger partial charge in [0.25, 0.3) is 0 Å². The molecule has 2 bridgehead atoms. The Labute approximate surface area is 143 Å². The van der Waals surface area contributed by atoms with Gasteiger partial charge in [0.2, 0.25) is 10.0 Å². The number of nitrogens with one attached hydrogen (secondary N) is 1. The quantitative estimate of drug-likeness (QED) is 0.928. The van der Waals surface area contributed by atoms with E-state index in [1.165, 1.54) is 0 Å². The number of nitrogens with zero attached hydrogens (tertiary/aromatic N) is 2. The van der Waals surface area contributed by atoms with Gasteiger partial charge in [0.05, 0.1) is 5.52 Å². The predicted molar refractivity (Wildman–Crippen MR) is 94.4 cm³/mol. The first kappa shape index (κ1) is 16.0. The summed E-state index contributed by atoms with van der Waals surface area (Å²) >= 11 is 0. The monoisotopic (exact) mass is 345 g/mol. The second-order valence-electron chi connectivity index (χ2n) is 7.12. The Balaban J connectivity index is 1.72. The Bertz CT molecular complexity index is 869. The van der Waals surface area contributed by atoms with Crippen LogP contribution in [0.15, 0.2) is 35.4 Å². The summed E-state index contributed by atoms with van der Waals surface area (Å²) < 4.78 is 28.0. The molecule has 1 aromatic carbocycles. The minimum atomic E-state index is -3.55. The van der Waals surface area contributed by atoms with Gasteiger partial charge in [-0.15, -0.1) is 0 Å². The van der Waals surface area contributed by atoms with Gasteiger partial charge in [0, 0.05) is 36.8 Å². The lowest BCUT2D eigenvalue weighted by atomic mass is 10.0. The highest BCUT2D eigenvalue weighted by Crippen LogP contribution is 2.33. The number of rotatable bonds is 3. The molecule has 0 spiro atoms. The van der Waals surface area contributed by atoms with E-state index < -0.39 is 10.0 Å². The summed E-state index contributed by atoms with van der Waals surface area (Å²) in [4.78, 5) is 4.71. The number of para-hydroxylation sites is 1. The molecule has 0 aliphatic carbocycles. The van der Waals surface area contributed by atoms with E-state index >= 15 is 0 Å². The maximum Gasteiger partial charge on any atom is 0.245 e. The standard InChI is InChI=1S/C18H23N3O2S/c1-12-8-13-4-3-5-17(18(13)19-11-12)24(22,23)21(2)16-9-14-6-7-15(10-16)20-14/h3-5,8,11,14-16,20H,6-7,9-10H2,1-2H3. The average Bonchev–Trinajstić information content (AvgIpc) is 2.91. The van der Waals surface area contributed by atoms with Crippen LogP contribution in [0.25, 0.3) is 10.9 Å². The van der Waals surface area contributed by atoms with Crippen molar-refractivity contribution in [2.45, 2.75) is 55.6 Å². The summed E-state index contributed by atoms with van der Waals surface area (Å²) in [5.41, 5.74) is 1.59. The third-order valence-corrected chi connectivity index (χ3v) is 7.37. The summed E-state index contributed by atoms with van der Waals surface area (Å²) in [5.74, 6) is 0.